The maximum Gasteiger partial charge on any atom is 0.228 e. The van der Waals surface area contributed by atoms with Crippen LogP contribution in [0.4, 0.5) is 5.82 Å². The Morgan fingerprint density at radius 3 is 2.92 bits per heavy atom. The number of hydrogen-bond donors (Lipinski definition) is 1. The lowest BCUT2D eigenvalue weighted by Crippen LogP contribution is -2.16. The zero-order valence-corrected chi connectivity index (χ0v) is 7.82. The summed E-state index contributed by atoms with van der Waals surface area (Å²) in [5.74, 6) is 1.66. The molecule has 1 aliphatic carbocycles. The first kappa shape index (κ1) is 8.29. The van der Waals surface area contributed by atoms with Gasteiger partial charge in [-0.15, -0.1) is 0 Å². The van der Waals surface area contributed by atoms with Crippen molar-refractivity contribution in [3.63, 3.8) is 0 Å². The monoisotopic (exact) mass is 179 g/mol. The number of nitrogens with zero attached hydrogens (tertiary/aromatic N) is 2. The smallest absolute Gasteiger partial charge is 0.228 e. The van der Waals surface area contributed by atoms with Crippen LogP contribution in [0.15, 0.2) is 12.3 Å². The van der Waals surface area contributed by atoms with Gasteiger partial charge in [-0.3, -0.25) is 9.48 Å². The van der Waals surface area contributed by atoms with Crippen LogP contribution >= 0.6 is 0 Å². The Hall–Kier alpha value is -1.32. The zero-order chi connectivity index (χ0) is 9.42. The predicted octanol–water partition coefficient (Wildman–Crippen LogP) is 1.01. The van der Waals surface area contributed by atoms with Crippen molar-refractivity contribution in [3.8, 4) is 0 Å². The van der Waals surface area contributed by atoms with Crippen molar-refractivity contribution in [3.05, 3.63) is 12.3 Å². The van der Waals surface area contributed by atoms with Crippen LogP contribution in [0.5, 0.6) is 0 Å². The molecule has 1 aromatic rings. The third kappa shape index (κ3) is 1.56. The van der Waals surface area contributed by atoms with E-state index in [1.54, 1.807) is 16.9 Å². The van der Waals surface area contributed by atoms with E-state index in [9.17, 15) is 4.79 Å². The van der Waals surface area contributed by atoms with Gasteiger partial charge in [-0.1, -0.05) is 6.92 Å². The molecule has 1 N–H and O–H groups in total. The summed E-state index contributed by atoms with van der Waals surface area (Å²) in [5.41, 5.74) is 0. The molecule has 0 radical (unpaired) electrons. The minimum Gasteiger partial charge on any atom is -0.311 e. The normalized spacial score (nSPS) is 25.7. The standard InChI is InChI=1S/C9H13N3O/c1-6-5-7(6)9(13)11-8-3-4-10-12(8)2/h3-4,6-7H,5H2,1-2H3,(H,11,13)/t6-,7-/m1/s1. The van der Waals surface area contributed by atoms with E-state index in [1.165, 1.54) is 0 Å². The van der Waals surface area contributed by atoms with Crippen LogP contribution in [0.3, 0.4) is 0 Å². The Kier molecular flexibility index (Phi) is 1.83. The molecule has 0 bridgehead atoms. The molecule has 4 nitrogen and oxygen atoms in total. The quantitative estimate of drug-likeness (QED) is 0.736. The van der Waals surface area contributed by atoms with Crippen molar-refractivity contribution in [1.29, 1.82) is 0 Å². The highest BCUT2D eigenvalue weighted by molar-refractivity contribution is 5.93. The van der Waals surface area contributed by atoms with Gasteiger partial charge in [0.15, 0.2) is 0 Å². The van der Waals surface area contributed by atoms with E-state index in [4.69, 9.17) is 0 Å². The molecule has 1 fully saturated rings. The predicted molar refractivity (Wildman–Crippen MR) is 49.1 cm³/mol. The summed E-state index contributed by atoms with van der Waals surface area (Å²) in [5, 5.41) is 6.81. The second-order valence-corrected chi connectivity index (χ2v) is 3.65. The van der Waals surface area contributed by atoms with Crippen LogP contribution in [-0.4, -0.2) is 15.7 Å². The lowest BCUT2D eigenvalue weighted by molar-refractivity contribution is -0.117. The highest BCUT2D eigenvalue weighted by Crippen LogP contribution is 2.38. The van der Waals surface area contributed by atoms with Crippen LogP contribution in [0.2, 0.25) is 0 Å². The van der Waals surface area contributed by atoms with Gasteiger partial charge in [-0.25, -0.2) is 0 Å². The molecule has 0 unspecified atom stereocenters. The second kappa shape index (κ2) is 2.87. The summed E-state index contributed by atoms with van der Waals surface area (Å²) in [6.45, 7) is 2.09. The molecular weight excluding hydrogens is 166 g/mol. The number of nitrogens with one attached hydrogen (secondary N) is 1. The molecule has 1 saturated carbocycles. The molecule has 1 aromatic heterocycles. The average Bonchev–Trinajstić information content (AvgIpc) is 2.68. The van der Waals surface area contributed by atoms with Crippen molar-refractivity contribution in [1.82, 2.24) is 9.78 Å². The van der Waals surface area contributed by atoms with Gasteiger partial charge in [0.1, 0.15) is 5.82 Å². The molecule has 70 valence electrons. The fourth-order valence-corrected chi connectivity index (χ4v) is 1.40. The summed E-state index contributed by atoms with van der Waals surface area (Å²) in [4.78, 5) is 11.5. The van der Waals surface area contributed by atoms with E-state index < -0.39 is 0 Å². The summed E-state index contributed by atoms with van der Waals surface area (Å²) >= 11 is 0. The molecule has 0 saturated heterocycles. The van der Waals surface area contributed by atoms with Crippen molar-refractivity contribution in [2.75, 3.05) is 5.32 Å². The van der Waals surface area contributed by atoms with Gasteiger partial charge < -0.3 is 5.32 Å². The first-order valence-corrected chi connectivity index (χ1v) is 4.47. The number of carbonyl (C=O) groups excluding carboxylic acids is 1. The van der Waals surface area contributed by atoms with Crippen molar-refractivity contribution in [2.24, 2.45) is 18.9 Å². The summed E-state index contributed by atoms with van der Waals surface area (Å²) < 4.78 is 1.66. The Bertz CT molecular complexity index is 331. The fourth-order valence-electron chi connectivity index (χ4n) is 1.40. The minimum atomic E-state index is 0.121. The summed E-state index contributed by atoms with van der Waals surface area (Å²) in [7, 11) is 1.81. The molecule has 1 amide bonds. The second-order valence-electron chi connectivity index (χ2n) is 3.65. The topological polar surface area (TPSA) is 46.9 Å². The van der Waals surface area contributed by atoms with Crippen molar-refractivity contribution >= 4 is 11.7 Å². The fraction of sp³-hybridized carbons (Fsp3) is 0.556. The molecule has 0 aromatic carbocycles. The Morgan fingerprint density at radius 1 is 1.77 bits per heavy atom. The van der Waals surface area contributed by atoms with Gasteiger partial charge in [0, 0.05) is 19.0 Å². The Balaban J connectivity index is 1.99. The molecule has 1 heterocycles. The molecule has 2 rings (SSSR count). The van der Waals surface area contributed by atoms with Crippen LogP contribution in [0.25, 0.3) is 0 Å². The maximum absolute atomic E-state index is 11.5. The van der Waals surface area contributed by atoms with Gasteiger partial charge >= 0.3 is 0 Å². The number of anilines is 1. The highest BCUT2D eigenvalue weighted by Gasteiger charge is 2.39. The van der Waals surface area contributed by atoms with Gasteiger partial charge in [0.05, 0.1) is 6.20 Å². The molecular formula is C9H13N3O. The van der Waals surface area contributed by atoms with Crippen LogP contribution in [0, 0.1) is 11.8 Å². The minimum absolute atomic E-state index is 0.121. The molecule has 0 aliphatic heterocycles. The van der Waals surface area contributed by atoms with E-state index in [1.807, 2.05) is 7.05 Å². The zero-order valence-electron chi connectivity index (χ0n) is 7.82. The summed E-state index contributed by atoms with van der Waals surface area (Å²) in [6, 6.07) is 1.80. The van der Waals surface area contributed by atoms with Gasteiger partial charge in [0.2, 0.25) is 5.91 Å². The molecule has 4 heteroatoms. The van der Waals surface area contributed by atoms with Crippen molar-refractivity contribution in [2.45, 2.75) is 13.3 Å². The first-order valence-electron chi connectivity index (χ1n) is 4.47. The van der Waals surface area contributed by atoms with E-state index in [0.29, 0.717) is 5.92 Å². The average molecular weight is 179 g/mol. The number of carbonyl (C=O) groups is 1. The van der Waals surface area contributed by atoms with E-state index >= 15 is 0 Å². The lowest BCUT2D eigenvalue weighted by atomic mass is 10.3. The lowest BCUT2D eigenvalue weighted by Gasteiger charge is -2.03. The third-order valence-corrected chi connectivity index (χ3v) is 2.52. The summed E-state index contributed by atoms with van der Waals surface area (Å²) in [6.07, 6.45) is 2.69. The molecule has 2 atom stereocenters. The molecule has 13 heavy (non-hydrogen) atoms. The van der Waals surface area contributed by atoms with Gasteiger partial charge in [-0.2, -0.15) is 5.10 Å². The van der Waals surface area contributed by atoms with Crippen LogP contribution in [-0.2, 0) is 11.8 Å². The SMILES string of the molecule is C[C@@H]1C[C@H]1C(=O)Nc1ccnn1C. The van der Waals surface area contributed by atoms with E-state index in [2.05, 4.69) is 17.3 Å². The maximum atomic E-state index is 11.5. The number of aryl methyl sites for hydroxylation is 1. The molecule has 1 aliphatic rings. The van der Waals surface area contributed by atoms with Gasteiger partial charge in [0.25, 0.3) is 0 Å². The van der Waals surface area contributed by atoms with Crippen LogP contribution < -0.4 is 5.32 Å². The van der Waals surface area contributed by atoms with E-state index in [-0.39, 0.29) is 11.8 Å². The Morgan fingerprint density at radius 2 is 2.46 bits per heavy atom. The van der Waals surface area contributed by atoms with Gasteiger partial charge in [-0.05, 0) is 12.3 Å². The van der Waals surface area contributed by atoms with Crippen LogP contribution in [0.1, 0.15) is 13.3 Å². The number of aromatic nitrogens is 2. The molecule has 0 spiro atoms. The third-order valence-electron chi connectivity index (χ3n) is 2.52. The van der Waals surface area contributed by atoms with E-state index in [0.717, 1.165) is 12.2 Å². The number of amides is 1. The number of hydrogen-bond acceptors (Lipinski definition) is 2. The number of rotatable bonds is 2. The highest BCUT2D eigenvalue weighted by atomic mass is 16.2. The Labute approximate surface area is 76.9 Å². The van der Waals surface area contributed by atoms with Crippen molar-refractivity contribution < 1.29 is 4.79 Å². The first-order chi connectivity index (χ1) is 6.18. The largest absolute Gasteiger partial charge is 0.311 e.